The first-order valence-corrected chi connectivity index (χ1v) is 8.52. The normalized spacial score (nSPS) is 23.2. The molecule has 1 aromatic rings. The topological polar surface area (TPSA) is 52.7 Å². The Kier molecular flexibility index (Phi) is 4.46. The highest BCUT2D eigenvalue weighted by Gasteiger charge is 2.28. The third-order valence-corrected chi connectivity index (χ3v) is 5.16. The van der Waals surface area contributed by atoms with Crippen molar-refractivity contribution in [3.8, 4) is 0 Å². The average molecular weight is 331 g/mol. The maximum Gasteiger partial charge on any atom is 0.290 e. The molecule has 2 aliphatic rings. The number of nitrogens with zero attached hydrogens (tertiary/aromatic N) is 2. The molecule has 3 rings (SSSR count). The van der Waals surface area contributed by atoms with E-state index in [1.807, 2.05) is 18.2 Å². The second-order valence-corrected chi connectivity index (χ2v) is 7.28. The number of amides is 2. The van der Waals surface area contributed by atoms with Gasteiger partial charge in [-0.3, -0.25) is 14.9 Å². The van der Waals surface area contributed by atoms with Gasteiger partial charge in [0.15, 0.2) is 0 Å². The van der Waals surface area contributed by atoms with Crippen molar-refractivity contribution in [1.29, 1.82) is 0 Å². The number of carbonyl (C=O) groups excluding carboxylic acids is 2. The summed E-state index contributed by atoms with van der Waals surface area (Å²) in [4.78, 5) is 28.2. The molecule has 23 heavy (non-hydrogen) atoms. The van der Waals surface area contributed by atoms with Gasteiger partial charge in [-0.05, 0) is 62.5 Å². The highest BCUT2D eigenvalue weighted by molar-refractivity contribution is 8.18. The molecule has 0 saturated carbocycles. The van der Waals surface area contributed by atoms with Crippen molar-refractivity contribution in [3.05, 3.63) is 34.2 Å². The molecule has 122 valence electrons. The van der Waals surface area contributed by atoms with Crippen LogP contribution in [0.25, 0.3) is 6.08 Å². The first-order valence-electron chi connectivity index (χ1n) is 7.71. The van der Waals surface area contributed by atoms with E-state index in [-0.39, 0.29) is 11.1 Å². The van der Waals surface area contributed by atoms with Crippen molar-refractivity contribution in [1.82, 2.24) is 10.2 Å². The van der Waals surface area contributed by atoms with Crippen LogP contribution in [-0.2, 0) is 4.79 Å². The first kappa shape index (κ1) is 16.1. The molecule has 2 heterocycles. The molecule has 0 spiro atoms. The average Bonchev–Trinajstić information content (AvgIpc) is 3.08. The van der Waals surface area contributed by atoms with Crippen LogP contribution in [0.3, 0.4) is 0 Å². The van der Waals surface area contributed by atoms with Crippen LogP contribution in [0.4, 0.5) is 10.5 Å². The molecule has 2 aliphatic heterocycles. The number of anilines is 1. The van der Waals surface area contributed by atoms with Gasteiger partial charge in [0, 0.05) is 24.8 Å². The molecule has 0 radical (unpaired) electrons. The monoisotopic (exact) mass is 331 g/mol. The number of imide groups is 1. The summed E-state index contributed by atoms with van der Waals surface area (Å²) in [6.45, 7) is 4.05. The van der Waals surface area contributed by atoms with E-state index in [1.165, 1.54) is 5.56 Å². The summed E-state index contributed by atoms with van der Waals surface area (Å²) in [5, 5.41) is 2.00. The van der Waals surface area contributed by atoms with Crippen molar-refractivity contribution >= 4 is 34.7 Å². The van der Waals surface area contributed by atoms with E-state index in [0.717, 1.165) is 42.5 Å². The summed E-state index contributed by atoms with van der Waals surface area (Å²) in [6.07, 6.45) is 2.95. The van der Waals surface area contributed by atoms with Gasteiger partial charge in [-0.1, -0.05) is 12.1 Å². The zero-order valence-corrected chi connectivity index (χ0v) is 14.4. The van der Waals surface area contributed by atoms with Crippen LogP contribution in [0.2, 0.25) is 0 Å². The molecule has 0 aliphatic carbocycles. The molecule has 0 unspecified atom stereocenters. The number of nitrogens with one attached hydrogen (secondary N) is 1. The predicted octanol–water partition coefficient (Wildman–Crippen LogP) is 2.46. The molecule has 1 aromatic carbocycles. The summed E-state index contributed by atoms with van der Waals surface area (Å²) in [6, 6.07) is 6.76. The van der Waals surface area contributed by atoms with Crippen molar-refractivity contribution in [2.75, 3.05) is 32.1 Å². The van der Waals surface area contributed by atoms with Gasteiger partial charge in [0.1, 0.15) is 0 Å². The van der Waals surface area contributed by atoms with E-state index in [4.69, 9.17) is 0 Å². The van der Waals surface area contributed by atoms with Crippen molar-refractivity contribution < 1.29 is 9.59 Å². The molecule has 1 atom stereocenters. The minimum absolute atomic E-state index is 0.302. The zero-order chi connectivity index (χ0) is 16.6. The standard InChI is InChI=1S/C17H21N3O2S/c1-11-4-5-12(9-15-16(21)18-17(22)23-15)14(8-11)20-7-6-13(10-20)19(2)3/h4-5,8-9,13H,6-7,10H2,1-3H3,(H,18,21,22)/t13-/m0/s1. The largest absolute Gasteiger partial charge is 0.369 e. The summed E-state index contributed by atoms with van der Waals surface area (Å²) in [5.74, 6) is -0.306. The number of likely N-dealkylation sites (N-methyl/N-ethyl adjacent to an activating group) is 1. The van der Waals surface area contributed by atoms with Crippen LogP contribution in [0, 0.1) is 6.92 Å². The fourth-order valence-electron chi connectivity index (χ4n) is 2.99. The quantitative estimate of drug-likeness (QED) is 0.862. The van der Waals surface area contributed by atoms with Crippen LogP contribution >= 0.6 is 11.8 Å². The Morgan fingerprint density at radius 1 is 1.35 bits per heavy atom. The van der Waals surface area contributed by atoms with Crippen LogP contribution in [0.5, 0.6) is 0 Å². The molecule has 2 amide bonds. The highest BCUT2D eigenvalue weighted by Crippen LogP contribution is 2.32. The van der Waals surface area contributed by atoms with E-state index in [0.29, 0.717) is 10.9 Å². The van der Waals surface area contributed by atoms with E-state index >= 15 is 0 Å². The van der Waals surface area contributed by atoms with Gasteiger partial charge in [0.2, 0.25) is 0 Å². The molecule has 0 bridgehead atoms. The Hall–Kier alpha value is -1.79. The Morgan fingerprint density at radius 3 is 2.74 bits per heavy atom. The lowest BCUT2D eigenvalue weighted by Crippen LogP contribution is -2.31. The van der Waals surface area contributed by atoms with Crippen LogP contribution in [-0.4, -0.2) is 49.3 Å². The summed E-state index contributed by atoms with van der Waals surface area (Å²) in [7, 11) is 4.22. The number of hydrogen-bond donors (Lipinski definition) is 1. The molecule has 0 aromatic heterocycles. The van der Waals surface area contributed by atoms with Gasteiger partial charge in [0.05, 0.1) is 4.91 Å². The Labute approximate surface area is 140 Å². The van der Waals surface area contributed by atoms with E-state index in [9.17, 15) is 9.59 Å². The van der Waals surface area contributed by atoms with Gasteiger partial charge < -0.3 is 9.80 Å². The number of benzene rings is 1. The number of rotatable bonds is 3. The number of carbonyl (C=O) groups is 2. The van der Waals surface area contributed by atoms with Crippen LogP contribution < -0.4 is 10.2 Å². The molecule has 2 fully saturated rings. The van der Waals surface area contributed by atoms with Crippen LogP contribution in [0.1, 0.15) is 17.5 Å². The van der Waals surface area contributed by atoms with E-state index < -0.39 is 0 Å². The minimum Gasteiger partial charge on any atom is -0.369 e. The minimum atomic E-state index is -0.306. The number of hydrogen-bond acceptors (Lipinski definition) is 5. The number of aryl methyl sites for hydroxylation is 1. The Balaban J connectivity index is 1.92. The molecule has 2 saturated heterocycles. The zero-order valence-electron chi connectivity index (χ0n) is 13.6. The van der Waals surface area contributed by atoms with Crippen molar-refractivity contribution in [2.45, 2.75) is 19.4 Å². The van der Waals surface area contributed by atoms with E-state index in [2.05, 4.69) is 42.2 Å². The molecular formula is C17H21N3O2S. The lowest BCUT2D eigenvalue weighted by atomic mass is 10.1. The molecular weight excluding hydrogens is 310 g/mol. The lowest BCUT2D eigenvalue weighted by Gasteiger charge is -2.24. The van der Waals surface area contributed by atoms with Gasteiger partial charge in [-0.2, -0.15) is 0 Å². The molecule has 5 nitrogen and oxygen atoms in total. The maximum absolute atomic E-state index is 11.8. The second-order valence-electron chi connectivity index (χ2n) is 6.27. The predicted molar refractivity (Wildman–Crippen MR) is 94.6 cm³/mol. The van der Waals surface area contributed by atoms with Gasteiger partial charge >= 0.3 is 0 Å². The Morgan fingerprint density at radius 2 is 2.13 bits per heavy atom. The van der Waals surface area contributed by atoms with E-state index in [1.54, 1.807) is 0 Å². The highest BCUT2D eigenvalue weighted by atomic mass is 32.2. The smallest absolute Gasteiger partial charge is 0.290 e. The molecule has 1 N–H and O–H groups in total. The second kappa shape index (κ2) is 6.37. The third kappa shape index (κ3) is 3.43. The van der Waals surface area contributed by atoms with Gasteiger partial charge in [-0.15, -0.1) is 0 Å². The van der Waals surface area contributed by atoms with Gasteiger partial charge in [0.25, 0.3) is 11.1 Å². The number of thioether (sulfide) groups is 1. The first-order chi connectivity index (χ1) is 10.9. The van der Waals surface area contributed by atoms with Crippen molar-refractivity contribution in [3.63, 3.8) is 0 Å². The maximum atomic E-state index is 11.8. The fraction of sp³-hybridized carbons (Fsp3) is 0.412. The van der Waals surface area contributed by atoms with Crippen LogP contribution in [0.15, 0.2) is 23.1 Å². The summed E-state index contributed by atoms with van der Waals surface area (Å²) in [5.41, 5.74) is 3.31. The SMILES string of the molecule is Cc1ccc(C=C2SC(=O)NC2=O)c(N2CC[C@H](N(C)C)C2)c1. The lowest BCUT2D eigenvalue weighted by molar-refractivity contribution is -0.115. The Bertz CT molecular complexity index is 684. The van der Waals surface area contributed by atoms with Gasteiger partial charge in [-0.25, -0.2) is 0 Å². The summed E-state index contributed by atoms with van der Waals surface area (Å²) >= 11 is 0.964. The fourth-order valence-corrected chi connectivity index (χ4v) is 3.67. The third-order valence-electron chi connectivity index (χ3n) is 4.35. The molecule has 6 heteroatoms. The van der Waals surface area contributed by atoms with Crippen molar-refractivity contribution in [2.24, 2.45) is 0 Å². The summed E-state index contributed by atoms with van der Waals surface area (Å²) < 4.78 is 0.